The van der Waals surface area contributed by atoms with Crippen LogP contribution in [-0.4, -0.2) is 12.5 Å². The van der Waals surface area contributed by atoms with Gasteiger partial charge in [0.05, 0.1) is 5.56 Å². The van der Waals surface area contributed by atoms with Crippen LogP contribution < -0.4 is 5.32 Å². The Balaban J connectivity index is 1.88. The smallest absolute Gasteiger partial charge is 0.254 e. The van der Waals surface area contributed by atoms with Crippen molar-refractivity contribution in [3.05, 3.63) is 58.0 Å². The molecule has 2 aromatic rings. The Morgan fingerprint density at radius 2 is 2.12 bits per heavy atom. The summed E-state index contributed by atoms with van der Waals surface area (Å²) in [7, 11) is 0. The third-order valence-corrected chi connectivity index (χ3v) is 3.13. The van der Waals surface area contributed by atoms with E-state index in [-0.39, 0.29) is 11.5 Å². The predicted octanol–water partition coefficient (Wildman–Crippen LogP) is 2.86. The maximum absolute atomic E-state index is 13.3. The molecule has 0 saturated heterocycles. The molecule has 0 unspecified atom stereocenters. The highest BCUT2D eigenvalue weighted by molar-refractivity contribution is 7.07. The van der Waals surface area contributed by atoms with Crippen LogP contribution in [0.4, 0.5) is 4.39 Å². The maximum Gasteiger partial charge on any atom is 0.254 e. The van der Waals surface area contributed by atoms with Crippen LogP contribution in [0.25, 0.3) is 0 Å². The second-order valence-corrected chi connectivity index (χ2v) is 4.40. The lowest BCUT2D eigenvalue weighted by Gasteiger charge is -2.05. The van der Waals surface area contributed by atoms with Crippen LogP contribution >= 0.6 is 11.3 Å². The zero-order valence-electron chi connectivity index (χ0n) is 9.15. The zero-order chi connectivity index (χ0) is 12.1. The summed E-state index contributed by atoms with van der Waals surface area (Å²) >= 11 is 1.62. The molecule has 17 heavy (non-hydrogen) atoms. The van der Waals surface area contributed by atoms with E-state index < -0.39 is 5.82 Å². The van der Waals surface area contributed by atoms with Crippen LogP contribution in [0.5, 0.6) is 0 Å². The minimum absolute atomic E-state index is 0.0952. The summed E-state index contributed by atoms with van der Waals surface area (Å²) in [5.41, 5.74) is 1.28. The number of hydrogen-bond acceptors (Lipinski definition) is 2. The topological polar surface area (TPSA) is 29.1 Å². The number of nitrogens with one attached hydrogen (secondary N) is 1. The second-order valence-electron chi connectivity index (χ2n) is 3.62. The van der Waals surface area contributed by atoms with Crippen LogP contribution in [0.1, 0.15) is 15.9 Å². The van der Waals surface area contributed by atoms with Gasteiger partial charge in [-0.1, -0.05) is 12.1 Å². The highest BCUT2D eigenvalue weighted by Crippen LogP contribution is 2.07. The van der Waals surface area contributed by atoms with E-state index in [9.17, 15) is 9.18 Å². The van der Waals surface area contributed by atoms with E-state index >= 15 is 0 Å². The van der Waals surface area contributed by atoms with E-state index in [0.29, 0.717) is 6.54 Å². The normalized spacial score (nSPS) is 10.2. The van der Waals surface area contributed by atoms with Crippen molar-refractivity contribution < 1.29 is 9.18 Å². The summed E-state index contributed by atoms with van der Waals surface area (Å²) in [4.78, 5) is 11.6. The number of thiophene rings is 1. The molecule has 1 aromatic carbocycles. The molecule has 0 bridgehead atoms. The molecule has 1 amide bonds. The molecule has 0 aliphatic rings. The predicted molar refractivity (Wildman–Crippen MR) is 66.8 cm³/mol. The van der Waals surface area contributed by atoms with Crippen molar-refractivity contribution in [1.82, 2.24) is 5.32 Å². The van der Waals surface area contributed by atoms with Gasteiger partial charge in [-0.2, -0.15) is 11.3 Å². The van der Waals surface area contributed by atoms with Gasteiger partial charge in [0.2, 0.25) is 0 Å². The van der Waals surface area contributed by atoms with Gasteiger partial charge >= 0.3 is 0 Å². The lowest BCUT2D eigenvalue weighted by molar-refractivity contribution is 0.0950. The van der Waals surface area contributed by atoms with Crippen LogP contribution in [0.15, 0.2) is 41.1 Å². The van der Waals surface area contributed by atoms with Gasteiger partial charge in [0.1, 0.15) is 5.82 Å². The quantitative estimate of drug-likeness (QED) is 0.887. The molecule has 1 N–H and O–H groups in total. The van der Waals surface area contributed by atoms with E-state index in [0.717, 1.165) is 6.42 Å². The first kappa shape index (κ1) is 11.8. The van der Waals surface area contributed by atoms with Crippen molar-refractivity contribution in [3.8, 4) is 0 Å². The molecule has 0 atom stereocenters. The van der Waals surface area contributed by atoms with E-state index in [1.807, 2.05) is 16.8 Å². The lowest BCUT2D eigenvalue weighted by atomic mass is 10.2. The SMILES string of the molecule is O=C(NCCc1ccsc1)c1ccccc1F. The molecule has 0 fully saturated rings. The van der Waals surface area contributed by atoms with Crippen molar-refractivity contribution in [1.29, 1.82) is 0 Å². The summed E-state index contributed by atoms with van der Waals surface area (Å²) in [5, 5.41) is 6.73. The van der Waals surface area contributed by atoms with Crippen LogP contribution in [0.3, 0.4) is 0 Å². The van der Waals surface area contributed by atoms with Gasteiger partial charge in [-0.3, -0.25) is 4.79 Å². The summed E-state index contributed by atoms with van der Waals surface area (Å²) in [5.74, 6) is -0.848. The molecule has 4 heteroatoms. The second kappa shape index (κ2) is 5.59. The van der Waals surface area contributed by atoms with E-state index in [4.69, 9.17) is 0 Å². The summed E-state index contributed by atoms with van der Waals surface area (Å²) in [6.07, 6.45) is 0.768. The summed E-state index contributed by atoms with van der Waals surface area (Å²) < 4.78 is 13.3. The molecule has 0 aliphatic carbocycles. The van der Waals surface area contributed by atoms with Gasteiger partial charge in [-0.05, 0) is 40.9 Å². The number of carbonyl (C=O) groups is 1. The number of carbonyl (C=O) groups excluding carboxylic acids is 1. The molecular weight excluding hydrogens is 237 g/mol. The number of hydrogen-bond donors (Lipinski definition) is 1. The third-order valence-electron chi connectivity index (χ3n) is 2.40. The van der Waals surface area contributed by atoms with Gasteiger partial charge in [0.25, 0.3) is 5.91 Å². The molecule has 0 saturated carbocycles. The highest BCUT2D eigenvalue weighted by Gasteiger charge is 2.09. The summed E-state index contributed by atoms with van der Waals surface area (Å²) in [6.45, 7) is 0.518. The fraction of sp³-hybridized carbons (Fsp3) is 0.154. The Hall–Kier alpha value is -1.68. The first-order chi connectivity index (χ1) is 8.27. The fourth-order valence-corrected chi connectivity index (χ4v) is 2.20. The standard InChI is InChI=1S/C13H12FNOS/c14-12-4-2-1-3-11(12)13(16)15-7-5-10-6-8-17-9-10/h1-4,6,8-9H,5,7H2,(H,15,16). The molecule has 1 heterocycles. The Labute approximate surface area is 103 Å². The highest BCUT2D eigenvalue weighted by atomic mass is 32.1. The van der Waals surface area contributed by atoms with E-state index in [1.54, 1.807) is 23.5 Å². The van der Waals surface area contributed by atoms with E-state index in [2.05, 4.69) is 5.32 Å². The average molecular weight is 249 g/mol. The number of halogens is 1. The molecule has 88 valence electrons. The molecule has 2 rings (SSSR count). The van der Waals surface area contributed by atoms with Gasteiger partial charge in [-0.15, -0.1) is 0 Å². The minimum Gasteiger partial charge on any atom is -0.352 e. The lowest BCUT2D eigenvalue weighted by Crippen LogP contribution is -2.26. The number of benzene rings is 1. The van der Waals surface area contributed by atoms with Gasteiger partial charge in [0, 0.05) is 6.54 Å². The number of amides is 1. The van der Waals surface area contributed by atoms with E-state index in [1.165, 1.54) is 17.7 Å². The fourth-order valence-electron chi connectivity index (χ4n) is 1.50. The molecule has 2 nitrogen and oxygen atoms in total. The Bertz CT molecular complexity index is 496. The molecule has 0 radical (unpaired) electrons. The van der Waals surface area contributed by atoms with Crippen molar-refractivity contribution in [3.63, 3.8) is 0 Å². The molecule has 0 spiro atoms. The largest absolute Gasteiger partial charge is 0.352 e. The minimum atomic E-state index is -0.486. The maximum atomic E-state index is 13.3. The molecule has 0 aliphatic heterocycles. The zero-order valence-corrected chi connectivity index (χ0v) is 9.97. The monoisotopic (exact) mass is 249 g/mol. The third kappa shape index (κ3) is 3.14. The average Bonchev–Trinajstić information content (AvgIpc) is 2.82. The van der Waals surface area contributed by atoms with Crippen LogP contribution in [0, 0.1) is 5.82 Å². The van der Waals surface area contributed by atoms with Crippen molar-refractivity contribution >= 4 is 17.2 Å². The Morgan fingerprint density at radius 3 is 2.82 bits per heavy atom. The summed E-state index contributed by atoms with van der Waals surface area (Å²) in [6, 6.07) is 8.00. The number of rotatable bonds is 4. The first-order valence-electron chi connectivity index (χ1n) is 5.31. The van der Waals surface area contributed by atoms with Crippen molar-refractivity contribution in [2.45, 2.75) is 6.42 Å². The van der Waals surface area contributed by atoms with Crippen molar-refractivity contribution in [2.24, 2.45) is 0 Å². The van der Waals surface area contributed by atoms with Crippen molar-refractivity contribution in [2.75, 3.05) is 6.54 Å². The first-order valence-corrected chi connectivity index (χ1v) is 6.25. The Morgan fingerprint density at radius 1 is 1.29 bits per heavy atom. The van der Waals surface area contributed by atoms with Gasteiger partial charge in [0.15, 0.2) is 0 Å². The Kier molecular flexibility index (Phi) is 3.88. The van der Waals surface area contributed by atoms with Crippen LogP contribution in [-0.2, 0) is 6.42 Å². The molecule has 1 aromatic heterocycles. The van der Waals surface area contributed by atoms with Gasteiger partial charge in [-0.25, -0.2) is 4.39 Å². The van der Waals surface area contributed by atoms with Gasteiger partial charge < -0.3 is 5.32 Å². The van der Waals surface area contributed by atoms with Crippen LogP contribution in [0.2, 0.25) is 0 Å². The molecular formula is C13H12FNOS.